The minimum absolute atomic E-state index is 0.00770. The molecule has 21 heavy (non-hydrogen) atoms. The summed E-state index contributed by atoms with van der Waals surface area (Å²) in [6, 6.07) is 13.9. The van der Waals surface area contributed by atoms with Crippen LogP contribution in [0.3, 0.4) is 0 Å². The average molecular weight is 307 g/mol. The molecule has 0 spiro atoms. The van der Waals surface area contributed by atoms with E-state index in [0.29, 0.717) is 22.1 Å². The van der Waals surface area contributed by atoms with Crippen molar-refractivity contribution in [1.29, 1.82) is 0 Å². The van der Waals surface area contributed by atoms with Gasteiger partial charge in [0.25, 0.3) is 0 Å². The number of halogens is 1. The lowest BCUT2D eigenvalue weighted by Crippen LogP contribution is -2.19. The topological polar surface area (TPSA) is 55.8 Å². The first-order valence-electron chi connectivity index (χ1n) is 6.36. The molecule has 0 radical (unpaired) electrons. The monoisotopic (exact) mass is 306 g/mol. The van der Waals surface area contributed by atoms with Crippen molar-refractivity contribution in [3.63, 3.8) is 0 Å². The molecule has 1 atom stereocenters. The number of carboxylic acid groups (broad SMARTS) is 1. The van der Waals surface area contributed by atoms with Crippen molar-refractivity contribution in [2.45, 2.75) is 5.92 Å². The molecule has 2 rings (SSSR count). The molecule has 110 valence electrons. The Morgan fingerprint density at radius 2 is 1.90 bits per heavy atom. The lowest BCUT2D eigenvalue weighted by Gasteiger charge is -2.15. The first-order valence-corrected chi connectivity index (χ1v) is 6.73. The van der Waals surface area contributed by atoms with Crippen molar-refractivity contribution >= 4 is 17.6 Å². The highest BCUT2D eigenvalue weighted by atomic mass is 35.5. The smallest absolute Gasteiger partial charge is 0.314 e. The van der Waals surface area contributed by atoms with Gasteiger partial charge in [0.05, 0.1) is 7.11 Å². The Morgan fingerprint density at radius 3 is 2.57 bits per heavy atom. The SMILES string of the molecule is COc1cccc(OCC(C(=O)O)c2ccccc2Cl)c1. The Kier molecular flexibility index (Phi) is 5.06. The summed E-state index contributed by atoms with van der Waals surface area (Å²) in [7, 11) is 1.56. The molecule has 0 saturated carbocycles. The first kappa shape index (κ1) is 15.2. The average Bonchev–Trinajstić information content (AvgIpc) is 2.49. The predicted molar refractivity (Wildman–Crippen MR) is 80.3 cm³/mol. The van der Waals surface area contributed by atoms with Crippen LogP contribution in [0.4, 0.5) is 0 Å². The molecule has 0 amide bonds. The highest BCUT2D eigenvalue weighted by Crippen LogP contribution is 2.26. The van der Waals surface area contributed by atoms with Gasteiger partial charge in [-0.2, -0.15) is 0 Å². The highest BCUT2D eigenvalue weighted by molar-refractivity contribution is 6.31. The molecule has 1 N–H and O–H groups in total. The summed E-state index contributed by atoms with van der Waals surface area (Å²) in [5.41, 5.74) is 0.537. The zero-order chi connectivity index (χ0) is 15.2. The first-order chi connectivity index (χ1) is 10.1. The number of rotatable bonds is 6. The quantitative estimate of drug-likeness (QED) is 0.886. The lowest BCUT2D eigenvalue weighted by molar-refractivity contribution is -0.139. The van der Waals surface area contributed by atoms with Crippen LogP contribution >= 0.6 is 11.6 Å². The second kappa shape index (κ2) is 6.99. The molecule has 5 heteroatoms. The second-order valence-corrected chi connectivity index (χ2v) is 4.81. The molecule has 1 unspecified atom stereocenters. The summed E-state index contributed by atoms with van der Waals surface area (Å²) in [4.78, 5) is 11.4. The molecule has 0 fully saturated rings. The fourth-order valence-electron chi connectivity index (χ4n) is 1.92. The van der Waals surface area contributed by atoms with E-state index in [1.807, 2.05) is 0 Å². The maximum absolute atomic E-state index is 11.4. The zero-order valence-electron chi connectivity index (χ0n) is 11.5. The molecule has 0 heterocycles. The Morgan fingerprint density at radius 1 is 1.19 bits per heavy atom. The van der Waals surface area contributed by atoms with E-state index in [1.54, 1.807) is 55.6 Å². The van der Waals surface area contributed by atoms with Crippen LogP contribution in [0.15, 0.2) is 48.5 Å². The Labute approximate surface area is 127 Å². The van der Waals surface area contributed by atoms with Crippen molar-refractivity contribution in [2.75, 3.05) is 13.7 Å². The molecule has 0 saturated heterocycles. The third kappa shape index (κ3) is 3.89. The van der Waals surface area contributed by atoms with E-state index in [2.05, 4.69) is 0 Å². The van der Waals surface area contributed by atoms with Gasteiger partial charge in [0.15, 0.2) is 0 Å². The van der Waals surface area contributed by atoms with E-state index in [-0.39, 0.29) is 6.61 Å². The molecule has 2 aromatic carbocycles. The Balaban J connectivity index is 2.14. The molecular formula is C16H15ClO4. The van der Waals surface area contributed by atoms with E-state index in [4.69, 9.17) is 21.1 Å². The zero-order valence-corrected chi connectivity index (χ0v) is 12.2. The van der Waals surface area contributed by atoms with Gasteiger partial charge in [-0.05, 0) is 23.8 Å². The number of carbonyl (C=O) groups is 1. The standard InChI is InChI=1S/C16H15ClO4/c1-20-11-5-4-6-12(9-11)21-10-14(16(18)19)13-7-2-3-8-15(13)17/h2-9,14H,10H2,1H3,(H,18,19). The maximum Gasteiger partial charge on any atom is 0.314 e. The minimum atomic E-state index is -0.981. The van der Waals surface area contributed by atoms with Crippen LogP contribution in [0.2, 0.25) is 5.02 Å². The van der Waals surface area contributed by atoms with Crippen molar-refractivity contribution in [1.82, 2.24) is 0 Å². The van der Waals surface area contributed by atoms with Gasteiger partial charge < -0.3 is 14.6 Å². The largest absolute Gasteiger partial charge is 0.497 e. The number of carboxylic acids is 1. The molecule has 0 aliphatic carbocycles. The molecule has 0 aliphatic rings. The number of hydrogen-bond donors (Lipinski definition) is 1. The van der Waals surface area contributed by atoms with E-state index >= 15 is 0 Å². The number of ether oxygens (including phenoxy) is 2. The summed E-state index contributed by atoms with van der Waals surface area (Å²) in [5.74, 6) is -0.610. The predicted octanol–water partition coefficient (Wildman–Crippen LogP) is 3.60. The second-order valence-electron chi connectivity index (χ2n) is 4.40. The van der Waals surface area contributed by atoms with Crippen LogP contribution in [0.5, 0.6) is 11.5 Å². The van der Waals surface area contributed by atoms with Crippen molar-refractivity contribution < 1.29 is 19.4 Å². The highest BCUT2D eigenvalue weighted by Gasteiger charge is 2.23. The van der Waals surface area contributed by atoms with E-state index < -0.39 is 11.9 Å². The van der Waals surface area contributed by atoms with Gasteiger partial charge >= 0.3 is 5.97 Å². The molecular weight excluding hydrogens is 292 g/mol. The van der Waals surface area contributed by atoms with Crippen molar-refractivity contribution in [3.05, 3.63) is 59.1 Å². The lowest BCUT2D eigenvalue weighted by atomic mass is 10.0. The Hall–Kier alpha value is -2.20. The third-order valence-electron chi connectivity index (χ3n) is 3.04. The summed E-state index contributed by atoms with van der Waals surface area (Å²) in [6.07, 6.45) is 0. The van der Waals surface area contributed by atoms with Crippen LogP contribution in [0.1, 0.15) is 11.5 Å². The fourth-order valence-corrected chi connectivity index (χ4v) is 2.19. The summed E-state index contributed by atoms with van der Waals surface area (Å²) in [6.45, 7) is -0.00770. The van der Waals surface area contributed by atoms with Crippen LogP contribution in [-0.2, 0) is 4.79 Å². The van der Waals surface area contributed by atoms with Gasteiger partial charge in [0.1, 0.15) is 24.0 Å². The number of hydrogen-bond acceptors (Lipinski definition) is 3. The normalized spacial score (nSPS) is 11.7. The summed E-state index contributed by atoms with van der Waals surface area (Å²) in [5, 5.41) is 9.78. The summed E-state index contributed by atoms with van der Waals surface area (Å²) < 4.78 is 10.7. The van der Waals surface area contributed by atoms with Crippen LogP contribution in [0, 0.1) is 0 Å². The van der Waals surface area contributed by atoms with Gasteiger partial charge in [-0.25, -0.2) is 0 Å². The minimum Gasteiger partial charge on any atom is -0.497 e. The van der Waals surface area contributed by atoms with Gasteiger partial charge in [-0.3, -0.25) is 4.79 Å². The van der Waals surface area contributed by atoms with Gasteiger partial charge in [-0.1, -0.05) is 35.9 Å². The van der Waals surface area contributed by atoms with Crippen LogP contribution in [-0.4, -0.2) is 24.8 Å². The van der Waals surface area contributed by atoms with E-state index in [9.17, 15) is 9.90 Å². The van der Waals surface area contributed by atoms with E-state index in [0.717, 1.165) is 0 Å². The number of benzene rings is 2. The number of methoxy groups -OCH3 is 1. The molecule has 0 aliphatic heterocycles. The van der Waals surface area contributed by atoms with Gasteiger partial charge in [-0.15, -0.1) is 0 Å². The molecule has 4 nitrogen and oxygen atoms in total. The molecule has 0 aromatic heterocycles. The Bertz CT molecular complexity index is 627. The number of aliphatic carboxylic acids is 1. The van der Waals surface area contributed by atoms with Crippen molar-refractivity contribution in [3.8, 4) is 11.5 Å². The third-order valence-corrected chi connectivity index (χ3v) is 3.38. The van der Waals surface area contributed by atoms with E-state index in [1.165, 1.54) is 0 Å². The maximum atomic E-state index is 11.4. The van der Waals surface area contributed by atoms with Gasteiger partial charge in [0, 0.05) is 11.1 Å². The van der Waals surface area contributed by atoms with Crippen LogP contribution in [0.25, 0.3) is 0 Å². The van der Waals surface area contributed by atoms with Gasteiger partial charge in [0.2, 0.25) is 0 Å². The summed E-state index contributed by atoms with van der Waals surface area (Å²) >= 11 is 6.05. The van der Waals surface area contributed by atoms with Crippen molar-refractivity contribution in [2.24, 2.45) is 0 Å². The fraction of sp³-hybridized carbons (Fsp3) is 0.188. The molecule has 2 aromatic rings. The molecule has 0 bridgehead atoms. The van der Waals surface area contributed by atoms with Crippen LogP contribution < -0.4 is 9.47 Å².